The number of piperazine rings is 1. The van der Waals surface area contributed by atoms with Crippen LogP contribution in [0.3, 0.4) is 0 Å². The monoisotopic (exact) mass is 243 g/mol. The van der Waals surface area contributed by atoms with Crippen LogP contribution in [0.15, 0.2) is 30.5 Å². The van der Waals surface area contributed by atoms with Crippen molar-refractivity contribution in [2.24, 2.45) is 0 Å². The molecule has 1 aliphatic rings. The van der Waals surface area contributed by atoms with Crippen molar-refractivity contribution in [2.75, 3.05) is 19.6 Å². The Morgan fingerprint density at radius 1 is 1.39 bits per heavy atom. The van der Waals surface area contributed by atoms with Crippen molar-refractivity contribution < 1.29 is 4.79 Å². The van der Waals surface area contributed by atoms with Crippen LogP contribution in [0, 0.1) is 0 Å². The minimum Gasteiger partial charge on any atom is -0.361 e. The lowest BCUT2D eigenvalue weighted by Gasteiger charge is -2.32. The minimum absolute atomic E-state index is 0.122. The SMILES string of the molecule is CC1CN(C(=O)c2cccc3cc[nH]c23)CCN1. The van der Waals surface area contributed by atoms with E-state index in [2.05, 4.69) is 17.2 Å². The van der Waals surface area contributed by atoms with Crippen LogP contribution in [0.5, 0.6) is 0 Å². The molecule has 94 valence electrons. The molecule has 2 heterocycles. The van der Waals surface area contributed by atoms with Crippen LogP contribution >= 0.6 is 0 Å². The first-order valence-corrected chi connectivity index (χ1v) is 6.34. The standard InChI is InChI=1S/C14H17N3O/c1-10-9-17(8-7-15-10)14(18)12-4-2-3-11-5-6-16-13(11)12/h2-6,10,15-16H,7-9H2,1H3. The summed E-state index contributed by atoms with van der Waals surface area (Å²) in [5, 5.41) is 4.44. The van der Waals surface area contributed by atoms with Crippen molar-refractivity contribution in [1.29, 1.82) is 0 Å². The number of aromatic amines is 1. The predicted molar refractivity (Wildman–Crippen MR) is 71.7 cm³/mol. The molecule has 3 rings (SSSR count). The lowest BCUT2D eigenvalue weighted by atomic mass is 10.1. The molecule has 0 spiro atoms. The van der Waals surface area contributed by atoms with Gasteiger partial charge in [0.25, 0.3) is 5.91 Å². The van der Waals surface area contributed by atoms with Crippen molar-refractivity contribution in [3.05, 3.63) is 36.0 Å². The number of hydrogen-bond acceptors (Lipinski definition) is 2. The van der Waals surface area contributed by atoms with E-state index in [0.717, 1.165) is 36.1 Å². The number of carbonyl (C=O) groups excluding carboxylic acids is 1. The van der Waals surface area contributed by atoms with Gasteiger partial charge in [-0.2, -0.15) is 0 Å². The molecule has 1 unspecified atom stereocenters. The van der Waals surface area contributed by atoms with Gasteiger partial charge < -0.3 is 15.2 Å². The Morgan fingerprint density at radius 3 is 3.11 bits per heavy atom. The van der Waals surface area contributed by atoms with Crippen LogP contribution in [0.1, 0.15) is 17.3 Å². The molecule has 1 atom stereocenters. The first-order chi connectivity index (χ1) is 8.75. The van der Waals surface area contributed by atoms with Crippen molar-refractivity contribution >= 4 is 16.8 Å². The molecule has 0 radical (unpaired) electrons. The number of carbonyl (C=O) groups is 1. The molecule has 1 fully saturated rings. The van der Waals surface area contributed by atoms with E-state index in [1.165, 1.54) is 0 Å². The van der Waals surface area contributed by atoms with E-state index >= 15 is 0 Å². The molecule has 1 aromatic carbocycles. The van der Waals surface area contributed by atoms with Crippen LogP contribution in [-0.2, 0) is 0 Å². The molecular weight excluding hydrogens is 226 g/mol. The molecular formula is C14H17N3O. The van der Waals surface area contributed by atoms with Crippen molar-refractivity contribution in [3.8, 4) is 0 Å². The fourth-order valence-corrected chi connectivity index (χ4v) is 2.55. The zero-order valence-corrected chi connectivity index (χ0v) is 10.4. The molecule has 1 amide bonds. The Morgan fingerprint density at radius 2 is 2.28 bits per heavy atom. The summed E-state index contributed by atoms with van der Waals surface area (Å²) >= 11 is 0. The van der Waals surface area contributed by atoms with Gasteiger partial charge in [0.15, 0.2) is 0 Å². The number of amides is 1. The first kappa shape index (κ1) is 11.3. The summed E-state index contributed by atoms with van der Waals surface area (Å²) in [5.74, 6) is 0.122. The average molecular weight is 243 g/mol. The number of fused-ring (bicyclic) bond motifs is 1. The Balaban J connectivity index is 1.94. The van der Waals surface area contributed by atoms with Crippen molar-refractivity contribution in [2.45, 2.75) is 13.0 Å². The fraction of sp³-hybridized carbons (Fsp3) is 0.357. The second-order valence-electron chi connectivity index (χ2n) is 4.85. The molecule has 2 N–H and O–H groups in total. The van der Waals surface area contributed by atoms with Gasteiger partial charge >= 0.3 is 0 Å². The molecule has 4 heteroatoms. The van der Waals surface area contributed by atoms with Gasteiger partial charge in [0, 0.05) is 37.3 Å². The van der Waals surface area contributed by atoms with E-state index < -0.39 is 0 Å². The Bertz CT molecular complexity index is 575. The van der Waals surface area contributed by atoms with Crippen LogP contribution in [0.2, 0.25) is 0 Å². The van der Waals surface area contributed by atoms with Crippen molar-refractivity contribution in [3.63, 3.8) is 0 Å². The molecule has 0 bridgehead atoms. The second kappa shape index (κ2) is 4.46. The molecule has 0 saturated carbocycles. The number of nitrogens with zero attached hydrogens (tertiary/aromatic N) is 1. The Hall–Kier alpha value is -1.81. The summed E-state index contributed by atoms with van der Waals surface area (Å²) in [6.07, 6.45) is 1.88. The number of aromatic nitrogens is 1. The lowest BCUT2D eigenvalue weighted by molar-refractivity contribution is 0.0711. The van der Waals surface area contributed by atoms with Crippen LogP contribution in [0.4, 0.5) is 0 Å². The molecule has 1 saturated heterocycles. The summed E-state index contributed by atoms with van der Waals surface area (Å²) in [4.78, 5) is 17.6. The molecule has 2 aromatic rings. The summed E-state index contributed by atoms with van der Waals surface area (Å²) < 4.78 is 0. The quantitative estimate of drug-likeness (QED) is 0.799. The summed E-state index contributed by atoms with van der Waals surface area (Å²) in [6, 6.07) is 8.21. The zero-order chi connectivity index (χ0) is 12.5. The van der Waals surface area contributed by atoms with E-state index in [9.17, 15) is 4.79 Å². The van der Waals surface area contributed by atoms with Crippen molar-refractivity contribution in [1.82, 2.24) is 15.2 Å². The average Bonchev–Trinajstić information content (AvgIpc) is 2.86. The molecule has 1 aromatic heterocycles. The van der Waals surface area contributed by atoms with Gasteiger partial charge in [-0.1, -0.05) is 12.1 Å². The summed E-state index contributed by atoms with van der Waals surface area (Å²) in [6.45, 7) is 4.53. The zero-order valence-electron chi connectivity index (χ0n) is 10.4. The van der Waals surface area contributed by atoms with Gasteiger partial charge in [0.1, 0.15) is 0 Å². The molecule has 0 aliphatic carbocycles. The number of nitrogens with one attached hydrogen (secondary N) is 2. The first-order valence-electron chi connectivity index (χ1n) is 6.34. The van der Waals surface area contributed by atoms with Gasteiger partial charge in [-0.3, -0.25) is 4.79 Å². The summed E-state index contributed by atoms with van der Waals surface area (Å²) in [5.41, 5.74) is 1.71. The number of rotatable bonds is 1. The number of para-hydroxylation sites is 1. The Labute approximate surface area is 106 Å². The maximum atomic E-state index is 12.5. The number of H-pyrrole nitrogens is 1. The van der Waals surface area contributed by atoms with Gasteiger partial charge in [0.2, 0.25) is 0 Å². The third-order valence-corrected chi connectivity index (χ3v) is 3.47. The molecule has 18 heavy (non-hydrogen) atoms. The van der Waals surface area contributed by atoms with E-state index in [-0.39, 0.29) is 5.91 Å². The topological polar surface area (TPSA) is 48.1 Å². The lowest BCUT2D eigenvalue weighted by Crippen LogP contribution is -2.51. The van der Waals surface area contributed by atoms with E-state index in [4.69, 9.17) is 0 Å². The van der Waals surface area contributed by atoms with Gasteiger partial charge in [0.05, 0.1) is 11.1 Å². The maximum Gasteiger partial charge on any atom is 0.256 e. The summed E-state index contributed by atoms with van der Waals surface area (Å²) in [7, 11) is 0. The largest absolute Gasteiger partial charge is 0.361 e. The highest BCUT2D eigenvalue weighted by atomic mass is 16.2. The highest BCUT2D eigenvalue weighted by molar-refractivity contribution is 6.05. The van der Waals surface area contributed by atoms with Crippen LogP contribution < -0.4 is 5.32 Å². The second-order valence-corrected chi connectivity index (χ2v) is 4.85. The minimum atomic E-state index is 0.122. The molecule has 1 aliphatic heterocycles. The highest BCUT2D eigenvalue weighted by Crippen LogP contribution is 2.19. The van der Waals surface area contributed by atoms with Gasteiger partial charge in [-0.05, 0) is 19.1 Å². The normalized spacial score (nSPS) is 20.3. The third-order valence-electron chi connectivity index (χ3n) is 3.47. The highest BCUT2D eigenvalue weighted by Gasteiger charge is 2.22. The Kier molecular flexibility index (Phi) is 2.80. The smallest absolute Gasteiger partial charge is 0.256 e. The molecule has 4 nitrogen and oxygen atoms in total. The van der Waals surface area contributed by atoms with E-state index in [1.54, 1.807) is 0 Å². The van der Waals surface area contributed by atoms with E-state index in [1.807, 2.05) is 35.4 Å². The van der Waals surface area contributed by atoms with Gasteiger partial charge in [-0.25, -0.2) is 0 Å². The van der Waals surface area contributed by atoms with Gasteiger partial charge in [-0.15, -0.1) is 0 Å². The van der Waals surface area contributed by atoms with Crippen LogP contribution in [0.25, 0.3) is 10.9 Å². The third kappa shape index (κ3) is 1.88. The predicted octanol–water partition coefficient (Wildman–Crippen LogP) is 1.60. The number of hydrogen-bond donors (Lipinski definition) is 2. The maximum absolute atomic E-state index is 12.5. The van der Waals surface area contributed by atoms with Crippen LogP contribution in [-0.4, -0.2) is 41.5 Å². The fourth-order valence-electron chi connectivity index (χ4n) is 2.55. The number of benzene rings is 1. The van der Waals surface area contributed by atoms with E-state index in [0.29, 0.717) is 6.04 Å².